The molecule has 1 heterocycles. The van der Waals surface area contributed by atoms with E-state index in [9.17, 15) is 0 Å². The number of ether oxygens (including phenoxy) is 1. The van der Waals surface area contributed by atoms with E-state index in [0.29, 0.717) is 6.61 Å². The van der Waals surface area contributed by atoms with E-state index in [4.69, 9.17) is 16.3 Å². The van der Waals surface area contributed by atoms with Gasteiger partial charge in [-0.05, 0) is 43.3 Å². The van der Waals surface area contributed by atoms with E-state index in [-0.39, 0.29) is 0 Å². The number of benzene rings is 2. The molecule has 0 bridgehead atoms. The largest absolute Gasteiger partial charge is 0.492 e. The fourth-order valence-corrected chi connectivity index (χ4v) is 2.44. The molecule has 0 aliphatic rings. The number of nitrogens with zero attached hydrogens (tertiary/aromatic N) is 1. The maximum Gasteiger partial charge on any atom is 0.119 e. The standard InChI is InChI=1S/C17H16ClNO/c1-13-2-5-16(6-3-13)20-11-10-19-9-8-14-12-15(18)4-7-17(14)19/h2-9,12H,10-11H2,1H3. The fraction of sp³-hybridized carbons (Fsp3) is 0.176. The molecule has 0 N–H and O–H groups in total. The van der Waals surface area contributed by atoms with Gasteiger partial charge < -0.3 is 9.30 Å². The summed E-state index contributed by atoms with van der Waals surface area (Å²) in [5, 5.41) is 1.93. The fourth-order valence-electron chi connectivity index (χ4n) is 2.26. The Bertz CT molecular complexity index is 715. The Balaban J connectivity index is 1.66. The quantitative estimate of drug-likeness (QED) is 0.679. The zero-order valence-electron chi connectivity index (χ0n) is 11.3. The van der Waals surface area contributed by atoms with Crippen LogP contribution in [-0.2, 0) is 6.54 Å². The van der Waals surface area contributed by atoms with Gasteiger partial charge in [0.1, 0.15) is 12.4 Å². The summed E-state index contributed by atoms with van der Waals surface area (Å²) in [6.07, 6.45) is 2.07. The van der Waals surface area contributed by atoms with Crippen molar-refractivity contribution >= 4 is 22.5 Å². The summed E-state index contributed by atoms with van der Waals surface area (Å²) in [5.74, 6) is 0.912. The zero-order chi connectivity index (χ0) is 13.9. The van der Waals surface area contributed by atoms with E-state index in [0.717, 1.165) is 22.7 Å². The van der Waals surface area contributed by atoms with E-state index in [1.807, 2.05) is 30.3 Å². The lowest BCUT2D eigenvalue weighted by atomic mass is 10.2. The number of aromatic nitrogens is 1. The van der Waals surface area contributed by atoms with Crippen molar-refractivity contribution in [2.45, 2.75) is 13.5 Å². The van der Waals surface area contributed by atoms with Gasteiger partial charge in [0.2, 0.25) is 0 Å². The Morgan fingerprint density at radius 3 is 2.65 bits per heavy atom. The molecule has 3 heteroatoms. The van der Waals surface area contributed by atoms with Gasteiger partial charge in [-0.1, -0.05) is 29.3 Å². The summed E-state index contributed by atoms with van der Waals surface area (Å²) in [6.45, 7) is 3.54. The average Bonchev–Trinajstić information content (AvgIpc) is 2.83. The van der Waals surface area contributed by atoms with Crippen molar-refractivity contribution in [2.75, 3.05) is 6.61 Å². The van der Waals surface area contributed by atoms with Gasteiger partial charge in [-0.25, -0.2) is 0 Å². The van der Waals surface area contributed by atoms with Gasteiger partial charge in [-0.15, -0.1) is 0 Å². The second-order valence-electron chi connectivity index (χ2n) is 4.87. The molecule has 0 saturated heterocycles. The van der Waals surface area contributed by atoms with Gasteiger partial charge in [-0.3, -0.25) is 0 Å². The van der Waals surface area contributed by atoms with Crippen LogP contribution in [-0.4, -0.2) is 11.2 Å². The van der Waals surface area contributed by atoms with E-state index < -0.39 is 0 Å². The van der Waals surface area contributed by atoms with Crippen LogP contribution in [0.25, 0.3) is 10.9 Å². The molecule has 3 rings (SSSR count). The topological polar surface area (TPSA) is 14.2 Å². The summed E-state index contributed by atoms with van der Waals surface area (Å²) in [5.41, 5.74) is 2.42. The average molecular weight is 286 g/mol. The summed E-state index contributed by atoms with van der Waals surface area (Å²) in [4.78, 5) is 0. The second-order valence-corrected chi connectivity index (χ2v) is 5.31. The summed E-state index contributed by atoms with van der Waals surface area (Å²) in [7, 11) is 0. The molecule has 2 nitrogen and oxygen atoms in total. The molecule has 20 heavy (non-hydrogen) atoms. The third kappa shape index (κ3) is 2.81. The highest BCUT2D eigenvalue weighted by Crippen LogP contribution is 2.20. The van der Waals surface area contributed by atoms with Gasteiger partial charge in [0.05, 0.1) is 6.54 Å². The third-order valence-corrected chi connectivity index (χ3v) is 3.59. The molecule has 0 radical (unpaired) electrons. The van der Waals surface area contributed by atoms with Crippen molar-refractivity contribution < 1.29 is 4.74 Å². The van der Waals surface area contributed by atoms with Gasteiger partial charge >= 0.3 is 0 Å². The molecule has 0 saturated carbocycles. The molecule has 0 spiro atoms. The van der Waals surface area contributed by atoms with Crippen molar-refractivity contribution in [1.29, 1.82) is 0 Å². The smallest absolute Gasteiger partial charge is 0.119 e. The highest BCUT2D eigenvalue weighted by Gasteiger charge is 2.02. The van der Waals surface area contributed by atoms with E-state index in [1.54, 1.807) is 0 Å². The molecule has 0 fully saturated rings. The van der Waals surface area contributed by atoms with Crippen LogP contribution in [0.3, 0.4) is 0 Å². The molecule has 2 aromatic carbocycles. The zero-order valence-corrected chi connectivity index (χ0v) is 12.1. The maximum absolute atomic E-state index is 5.99. The highest BCUT2D eigenvalue weighted by atomic mass is 35.5. The van der Waals surface area contributed by atoms with Crippen LogP contribution >= 0.6 is 11.6 Å². The molecular weight excluding hydrogens is 270 g/mol. The minimum atomic E-state index is 0.648. The molecular formula is C17H16ClNO. The van der Waals surface area contributed by atoms with E-state index in [2.05, 4.69) is 35.9 Å². The predicted octanol–water partition coefficient (Wildman–Crippen LogP) is 4.68. The van der Waals surface area contributed by atoms with Crippen LogP contribution in [0.2, 0.25) is 5.02 Å². The number of aryl methyl sites for hydroxylation is 1. The molecule has 0 aliphatic heterocycles. The summed E-state index contributed by atoms with van der Waals surface area (Å²) in [6, 6.07) is 16.1. The number of rotatable bonds is 4. The first-order valence-electron chi connectivity index (χ1n) is 6.66. The first kappa shape index (κ1) is 13.1. The van der Waals surface area contributed by atoms with Crippen molar-refractivity contribution in [2.24, 2.45) is 0 Å². The van der Waals surface area contributed by atoms with E-state index in [1.165, 1.54) is 11.1 Å². The van der Waals surface area contributed by atoms with Crippen molar-refractivity contribution in [3.05, 3.63) is 65.3 Å². The Kier molecular flexibility index (Phi) is 3.66. The minimum absolute atomic E-state index is 0.648. The molecule has 0 atom stereocenters. The van der Waals surface area contributed by atoms with Crippen molar-refractivity contribution in [1.82, 2.24) is 4.57 Å². The first-order valence-corrected chi connectivity index (χ1v) is 7.04. The Labute approximate surface area is 123 Å². The lowest BCUT2D eigenvalue weighted by Crippen LogP contribution is -2.07. The Morgan fingerprint density at radius 2 is 1.85 bits per heavy atom. The lowest BCUT2D eigenvalue weighted by molar-refractivity contribution is 0.300. The first-order chi connectivity index (χ1) is 9.72. The van der Waals surface area contributed by atoms with Crippen LogP contribution in [0.5, 0.6) is 5.75 Å². The SMILES string of the molecule is Cc1ccc(OCCn2ccc3cc(Cl)ccc32)cc1. The van der Waals surface area contributed by atoms with E-state index >= 15 is 0 Å². The Morgan fingerprint density at radius 1 is 1.05 bits per heavy atom. The second kappa shape index (κ2) is 5.59. The third-order valence-electron chi connectivity index (χ3n) is 3.35. The monoisotopic (exact) mass is 285 g/mol. The van der Waals surface area contributed by atoms with Crippen LogP contribution in [0.15, 0.2) is 54.7 Å². The number of hydrogen-bond acceptors (Lipinski definition) is 1. The maximum atomic E-state index is 5.99. The van der Waals surface area contributed by atoms with Crippen LogP contribution in [0.1, 0.15) is 5.56 Å². The van der Waals surface area contributed by atoms with Gasteiger partial charge in [0, 0.05) is 22.1 Å². The van der Waals surface area contributed by atoms with Crippen LogP contribution in [0, 0.1) is 6.92 Å². The summed E-state index contributed by atoms with van der Waals surface area (Å²) < 4.78 is 7.94. The molecule has 0 aliphatic carbocycles. The number of fused-ring (bicyclic) bond motifs is 1. The molecule has 0 amide bonds. The highest BCUT2D eigenvalue weighted by molar-refractivity contribution is 6.31. The lowest BCUT2D eigenvalue weighted by Gasteiger charge is -2.08. The Hall–Kier alpha value is -1.93. The van der Waals surface area contributed by atoms with Crippen molar-refractivity contribution in [3.63, 3.8) is 0 Å². The normalized spacial score (nSPS) is 10.9. The van der Waals surface area contributed by atoms with Gasteiger partial charge in [0.15, 0.2) is 0 Å². The summed E-state index contributed by atoms with van der Waals surface area (Å²) >= 11 is 5.99. The molecule has 102 valence electrons. The van der Waals surface area contributed by atoms with Gasteiger partial charge in [-0.2, -0.15) is 0 Å². The van der Waals surface area contributed by atoms with Crippen LogP contribution < -0.4 is 4.74 Å². The molecule has 1 aromatic heterocycles. The predicted molar refractivity (Wildman–Crippen MR) is 83.6 cm³/mol. The molecule has 3 aromatic rings. The molecule has 0 unspecified atom stereocenters. The number of hydrogen-bond donors (Lipinski definition) is 0. The number of halogens is 1. The van der Waals surface area contributed by atoms with Gasteiger partial charge in [0.25, 0.3) is 0 Å². The van der Waals surface area contributed by atoms with Crippen molar-refractivity contribution in [3.8, 4) is 5.75 Å². The van der Waals surface area contributed by atoms with Crippen LogP contribution in [0.4, 0.5) is 0 Å². The minimum Gasteiger partial charge on any atom is -0.492 e.